The van der Waals surface area contributed by atoms with E-state index >= 15 is 0 Å². The fourth-order valence-electron chi connectivity index (χ4n) is 0.637. The highest BCUT2D eigenvalue weighted by Gasteiger charge is 2.14. The van der Waals surface area contributed by atoms with Crippen molar-refractivity contribution in [2.45, 2.75) is 13.0 Å². The summed E-state index contributed by atoms with van der Waals surface area (Å²) in [6.07, 6.45) is 0. The fraction of sp³-hybridized carbons (Fsp3) is 0.333. The van der Waals surface area contributed by atoms with Crippen molar-refractivity contribution in [2.75, 3.05) is 0 Å². The molecule has 4 N–H and O–H groups in total. The van der Waals surface area contributed by atoms with Crippen LogP contribution in [0.5, 0.6) is 0 Å². The zero-order chi connectivity index (χ0) is 8.43. The highest BCUT2D eigenvalue weighted by molar-refractivity contribution is 7.09. The Balaban J connectivity index is 2.84. The average Bonchev–Trinajstić information content (AvgIpc) is 2.34. The molecule has 1 amide bonds. The minimum atomic E-state index is -0.756. The molecule has 0 aromatic carbocycles. The molecule has 1 aromatic rings. The summed E-state index contributed by atoms with van der Waals surface area (Å²) in [5, 5.41) is 2.41. The second-order valence-corrected chi connectivity index (χ2v) is 3.10. The highest BCUT2D eigenvalue weighted by atomic mass is 32.1. The molecule has 1 heterocycles. The van der Waals surface area contributed by atoms with Crippen LogP contribution < -0.4 is 11.5 Å². The Bertz CT molecular complexity index is 271. The Morgan fingerprint density at radius 2 is 2.45 bits per heavy atom. The van der Waals surface area contributed by atoms with Crippen LogP contribution in [-0.2, 0) is 4.79 Å². The van der Waals surface area contributed by atoms with Gasteiger partial charge in [-0.3, -0.25) is 4.79 Å². The summed E-state index contributed by atoms with van der Waals surface area (Å²) in [6, 6.07) is -0.756. The minimum Gasteiger partial charge on any atom is -0.368 e. The number of carbonyl (C=O) groups is 1. The highest BCUT2D eigenvalue weighted by Crippen LogP contribution is 2.14. The molecule has 0 spiro atoms. The summed E-state index contributed by atoms with van der Waals surface area (Å²) in [5.74, 6) is -0.542. The van der Waals surface area contributed by atoms with E-state index in [9.17, 15) is 4.79 Å². The van der Waals surface area contributed by atoms with Crippen molar-refractivity contribution in [3.05, 3.63) is 16.1 Å². The summed E-state index contributed by atoms with van der Waals surface area (Å²) in [7, 11) is 0. The molecule has 0 radical (unpaired) electrons. The van der Waals surface area contributed by atoms with Gasteiger partial charge in [0.15, 0.2) is 0 Å². The number of hydrogen-bond acceptors (Lipinski definition) is 4. The van der Waals surface area contributed by atoms with Crippen LogP contribution in [0.4, 0.5) is 0 Å². The Morgan fingerprint density at radius 3 is 2.82 bits per heavy atom. The van der Waals surface area contributed by atoms with Crippen LogP contribution in [0.15, 0.2) is 5.38 Å². The Kier molecular flexibility index (Phi) is 2.21. The Hall–Kier alpha value is -0.940. The number of aryl methyl sites for hydroxylation is 1. The predicted molar refractivity (Wildman–Crippen MR) is 43.0 cm³/mol. The van der Waals surface area contributed by atoms with Crippen molar-refractivity contribution in [1.82, 2.24) is 4.98 Å². The van der Waals surface area contributed by atoms with Crippen molar-refractivity contribution in [1.29, 1.82) is 0 Å². The first-order valence-electron chi connectivity index (χ1n) is 3.08. The lowest BCUT2D eigenvalue weighted by atomic mass is 10.3. The van der Waals surface area contributed by atoms with Gasteiger partial charge >= 0.3 is 0 Å². The molecule has 1 rings (SSSR count). The Labute approximate surface area is 68.2 Å². The van der Waals surface area contributed by atoms with Gasteiger partial charge in [0.05, 0.1) is 0 Å². The van der Waals surface area contributed by atoms with Gasteiger partial charge in [-0.15, -0.1) is 11.3 Å². The number of nitrogens with two attached hydrogens (primary N) is 2. The first kappa shape index (κ1) is 8.16. The van der Waals surface area contributed by atoms with Gasteiger partial charge in [-0.2, -0.15) is 0 Å². The molecule has 11 heavy (non-hydrogen) atoms. The maximum absolute atomic E-state index is 10.6. The number of hydrogen-bond donors (Lipinski definition) is 2. The summed E-state index contributed by atoms with van der Waals surface area (Å²) in [6.45, 7) is 1.84. The Morgan fingerprint density at radius 1 is 1.82 bits per heavy atom. The molecule has 0 bridgehead atoms. The summed E-state index contributed by atoms with van der Waals surface area (Å²) >= 11 is 1.35. The van der Waals surface area contributed by atoms with Crippen molar-refractivity contribution in [3.63, 3.8) is 0 Å². The molecule has 60 valence electrons. The van der Waals surface area contributed by atoms with Gasteiger partial charge in [-0.1, -0.05) is 0 Å². The van der Waals surface area contributed by atoms with Gasteiger partial charge in [-0.25, -0.2) is 4.98 Å². The van der Waals surface area contributed by atoms with Gasteiger partial charge in [0.2, 0.25) is 5.91 Å². The van der Waals surface area contributed by atoms with E-state index in [1.807, 2.05) is 12.3 Å². The molecule has 0 aliphatic heterocycles. The van der Waals surface area contributed by atoms with Gasteiger partial charge in [0.25, 0.3) is 0 Å². The van der Waals surface area contributed by atoms with E-state index in [0.717, 1.165) is 5.69 Å². The molecule has 0 aliphatic rings. The third-order valence-electron chi connectivity index (χ3n) is 1.21. The second-order valence-electron chi connectivity index (χ2n) is 2.21. The van der Waals surface area contributed by atoms with Crippen LogP contribution in [0, 0.1) is 6.92 Å². The van der Waals surface area contributed by atoms with Crippen molar-refractivity contribution >= 4 is 17.2 Å². The predicted octanol–water partition coefficient (Wildman–Crippen LogP) is -0.0634. The van der Waals surface area contributed by atoms with Crippen LogP contribution in [0.2, 0.25) is 0 Å². The quantitative estimate of drug-likeness (QED) is 0.653. The number of nitrogens with zero attached hydrogens (tertiary/aromatic N) is 1. The normalized spacial score (nSPS) is 12.9. The van der Waals surface area contributed by atoms with Crippen molar-refractivity contribution in [3.8, 4) is 0 Å². The van der Waals surface area contributed by atoms with Crippen LogP contribution in [0.25, 0.3) is 0 Å². The second kappa shape index (κ2) is 2.98. The van der Waals surface area contributed by atoms with Gasteiger partial charge < -0.3 is 11.5 Å². The third kappa shape index (κ3) is 1.75. The maximum atomic E-state index is 10.6. The molecule has 1 unspecified atom stereocenters. The zero-order valence-electron chi connectivity index (χ0n) is 6.07. The first-order chi connectivity index (χ1) is 5.11. The molecular weight excluding hydrogens is 162 g/mol. The molecule has 0 saturated carbocycles. The third-order valence-corrected chi connectivity index (χ3v) is 2.26. The molecule has 0 aliphatic carbocycles. The van der Waals surface area contributed by atoms with Crippen molar-refractivity contribution in [2.24, 2.45) is 11.5 Å². The fourth-order valence-corrected chi connectivity index (χ4v) is 1.44. The first-order valence-corrected chi connectivity index (χ1v) is 3.96. The lowest BCUT2D eigenvalue weighted by Crippen LogP contribution is -2.28. The van der Waals surface area contributed by atoms with E-state index in [1.165, 1.54) is 11.3 Å². The molecule has 1 atom stereocenters. The van der Waals surface area contributed by atoms with Crippen molar-refractivity contribution < 1.29 is 4.79 Å². The minimum absolute atomic E-state index is 0.542. The number of carbonyl (C=O) groups excluding carboxylic acids is 1. The average molecular weight is 171 g/mol. The smallest absolute Gasteiger partial charge is 0.241 e. The van der Waals surface area contributed by atoms with E-state index in [-0.39, 0.29) is 0 Å². The lowest BCUT2D eigenvalue weighted by Gasteiger charge is -2.00. The van der Waals surface area contributed by atoms with E-state index in [4.69, 9.17) is 11.5 Å². The van der Waals surface area contributed by atoms with E-state index in [1.54, 1.807) is 0 Å². The SMILES string of the molecule is Cc1csc(C(N)C(N)=O)n1. The summed E-state index contributed by atoms with van der Waals surface area (Å²) in [5.41, 5.74) is 11.3. The number of primary amides is 1. The molecule has 1 aromatic heterocycles. The van der Waals surface area contributed by atoms with Gasteiger partial charge in [-0.05, 0) is 6.92 Å². The van der Waals surface area contributed by atoms with Crippen LogP contribution >= 0.6 is 11.3 Å². The molecule has 4 nitrogen and oxygen atoms in total. The van der Waals surface area contributed by atoms with Crippen LogP contribution in [0.1, 0.15) is 16.7 Å². The number of aromatic nitrogens is 1. The lowest BCUT2D eigenvalue weighted by molar-refractivity contribution is -0.119. The molecule has 5 heteroatoms. The zero-order valence-corrected chi connectivity index (χ0v) is 6.89. The van der Waals surface area contributed by atoms with Crippen LogP contribution in [-0.4, -0.2) is 10.9 Å². The van der Waals surface area contributed by atoms with Gasteiger partial charge in [0, 0.05) is 11.1 Å². The molecule has 0 saturated heterocycles. The monoisotopic (exact) mass is 171 g/mol. The number of amides is 1. The summed E-state index contributed by atoms with van der Waals surface area (Å²) in [4.78, 5) is 14.6. The largest absolute Gasteiger partial charge is 0.368 e. The van der Waals surface area contributed by atoms with E-state index < -0.39 is 11.9 Å². The standard InChI is InChI=1S/C6H9N3OS/c1-3-2-11-6(9-3)4(7)5(8)10/h2,4H,7H2,1H3,(H2,8,10). The number of rotatable bonds is 2. The molecule has 0 fully saturated rings. The molecular formula is C6H9N3OS. The van der Waals surface area contributed by atoms with E-state index in [0.29, 0.717) is 5.01 Å². The number of thiazole rings is 1. The summed E-state index contributed by atoms with van der Waals surface area (Å²) < 4.78 is 0. The van der Waals surface area contributed by atoms with E-state index in [2.05, 4.69) is 4.98 Å². The van der Waals surface area contributed by atoms with Crippen LogP contribution in [0.3, 0.4) is 0 Å². The topological polar surface area (TPSA) is 82.0 Å². The van der Waals surface area contributed by atoms with Gasteiger partial charge in [0.1, 0.15) is 11.0 Å². The maximum Gasteiger partial charge on any atom is 0.241 e.